The largest absolute Gasteiger partial charge is 0.354 e. The summed E-state index contributed by atoms with van der Waals surface area (Å²) in [7, 11) is 0. The van der Waals surface area contributed by atoms with E-state index in [2.05, 4.69) is 20.8 Å². The quantitative estimate of drug-likeness (QED) is 0.479. The molecule has 2 aromatic carbocycles. The number of hydrazone groups is 1. The maximum atomic E-state index is 12.5. The molecule has 0 radical (unpaired) electrons. The van der Waals surface area contributed by atoms with Crippen LogP contribution >= 0.6 is 0 Å². The molecular formula is C22H18N4O2. The molecule has 0 fully saturated rings. The van der Waals surface area contributed by atoms with Crippen LogP contribution < -0.4 is 10.7 Å². The second-order valence-corrected chi connectivity index (χ2v) is 6.30. The molecule has 138 valence electrons. The number of aromatic nitrogens is 1. The molecule has 0 unspecified atom stereocenters. The molecule has 0 saturated heterocycles. The zero-order valence-electron chi connectivity index (χ0n) is 15.2. The summed E-state index contributed by atoms with van der Waals surface area (Å²) in [6.45, 7) is 1.87. The fraction of sp³-hybridized carbons (Fsp3) is 0.0455. The molecule has 2 amide bonds. The topological polar surface area (TPSA) is 86.3 Å². The summed E-state index contributed by atoms with van der Waals surface area (Å²) in [5.41, 5.74) is 6.95. The van der Waals surface area contributed by atoms with Crippen molar-refractivity contribution >= 4 is 34.6 Å². The van der Waals surface area contributed by atoms with E-state index in [1.165, 1.54) is 6.08 Å². The maximum absolute atomic E-state index is 12.5. The van der Waals surface area contributed by atoms with Gasteiger partial charge < -0.3 is 10.3 Å². The average Bonchev–Trinajstić information content (AvgIpc) is 2.97. The molecule has 3 aromatic rings. The van der Waals surface area contributed by atoms with Crippen molar-refractivity contribution in [3.05, 3.63) is 77.9 Å². The smallest absolute Gasteiger partial charge is 0.272 e. The van der Waals surface area contributed by atoms with Gasteiger partial charge in [0.05, 0.1) is 17.5 Å². The van der Waals surface area contributed by atoms with Gasteiger partial charge >= 0.3 is 0 Å². The lowest BCUT2D eigenvalue weighted by Gasteiger charge is -2.06. The first-order valence-corrected chi connectivity index (χ1v) is 8.86. The molecule has 4 rings (SSSR count). The lowest BCUT2D eigenvalue weighted by atomic mass is 10.0. The first kappa shape index (κ1) is 17.5. The molecule has 0 atom stereocenters. The Morgan fingerprint density at radius 1 is 1.14 bits per heavy atom. The van der Waals surface area contributed by atoms with E-state index in [9.17, 15) is 9.59 Å². The number of nitrogens with one attached hydrogen (secondary N) is 3. The van der Waals surface area contributed by atoms with Crippen molar-refractivity contribution < 1.29 is 9.59 Å². The molecular weight excluding hydrogens is 352 g/mol. The van der Waals surface area contributed by atoms with Crippen LogP contribution in [0.4, 0.5) is 5.69 Å². The van der Waals surface area contributed by atoms with Crippen LogP contribution in [0.25, 0.3) is 22.2 Å². The molecule has 6 nitrogen and oxygen atoms in total. The number of amides is 2. The third kappa shape index (κ3) is 3.23. The van der Waals surface area contributed by atoms with Crippen LogP contribution in [-0.2, 0) is 4.79 Å². The number of carbonyl (C=O) groups excluding carboxylic acids is 2. The van der Waals surface area contributed by atoms with Crippen LogP contribution in [0.2, 0.25) is 0 Å². The van der Waals surface area contributed by atoms with Crippen molar-refractivity contribution in [3.63, 3.8) is 0 Å². The molecule has 0 spiro atoms. The number of rotatable bonds is 4. The summed E-state index contributed by atoms with van der Waals surface area (Å²) in [5, 5.41) is 7.62. The van der Waals surface area contributed by atoms with E-state index >= 15 is 0 Å². The van der Waals surface area contributed by atoms with E-state index in [4.69, 9.17) is 0 Å². The molecule has 1 aliphatic rings. The number of aromatic amines is 1. The Bertz CT molecular complexity index is 1150. The van der Waals surface area contributed by atoms with Crippen LogP contribution in [0.1, 0.15) is 22.8 Å². The van der Waals surface area contributed by atoms with Crippen molar-refractivity contribution in [2.75, 3.05) is 5.32 Å². The summed E-state index contributed by atoms with van der Waals surface area (Å²) in [6.07, 6.45) is 8.34. The fourth-order valence-electron chi connectivity index (χ4n) is 3.22. The molecule has 0 saturated carbocycles. The Hall–Kier alpha value is -3.93. The monoisotopic (exact) mass is 370 g/mol. The Morgan fingerprint density at radius 2 is 1.96 bits per heavy atom. The Kier molecular flexibility index (Phi) is 4.60. The normalized spacial score (nSPS) is 13.2. The van der Waals surface area contributed by atoms with Crippen LogP contribution in [0.3, 0.4) is 0 Å². The molecule has 1 aromatic heterocycles. The average molecular weight is 370 g/mol. The number of anilines is 1. The minimum Gasteiger partial charge on any atom is -0.354 e. The summed E-state index contributed by atoms with van der Waals surface area (Å²) >= 11 is 0. The highest BCUT2D eigenvalue weighted by atomic mass is 16.2. The van der Waals surface area contributed by atoms with E-state index in [-0.39, 0.29) is 11.8 Å². The highest BCUT2D eigenvalue weighted by molar-refractivity contribution is 6.18. The number of allylic oxidation sites excluding steroid dienone is 3. The fourth-order valence-corrected chi connectivity index (χ4v) is 3.22. The first-order valence-electron chi connectivity index (χ1n) is 8.86. The predicted molar refractivity (Wildman–Crippen MR) is 111 cm³/mol. The van der Waals surface area contributed by atoms with Gasteiger partial charge in [-0.25, -0.2) is 5.43 Å². The Labute approximate surface area is 161 Å². The molecule has 0 aliphatic carbocycles. The molecule has 0 bridgehead atoms. The van der Waals surface area contributed by atoms with Crippen molar-refractivity contribution in [1.29, 1.82) is 0 Å². The van der Waals surface area contributed by atoms with Gasteiger partial charge in [-0.2, -0.15) is 5.10 Å². The van der Waals surface area contributed by atoms with Crippen molar-refractivity contribution in [1.82, 2.24) is 10.4 Å². The number of hydrogen-bond donors (Lipinski definition) is 3. The van der Waals surface area contributed by atoms with Gasteiger partial charge in [0.2, 0.25) is 5.91 Å². The number of hydrogen-bond acceptors (Lipinski definition) is 3. The molecule has 6 heteroatoms. The zero-order chi connectivity index (χ0) is 19.5. The van der Waals surface area contributed by atoms with Gasteiger partial charge in [-0.3, -0.25) is 9.59 Å². The highest BCUT2D eigenvalue weighted by Crippen LogP contribution is 2.34. The van der Waals surface area contributed by atoms with Crippen molar-refractivity contribution in [2.24, 2.45) is 5.10 Å². The molecule has 2 heterocycles. The Balaban J connectivity index is 1.84. The summed E-state index contributed by atoms with van der Waals surface area (Å²) in [6, 6.07) is 13.3. The van der Waals surface area contributed by atoms with E-state index in [1.807, 2.05) is 49.4 Å². The second kappa shape index (κ2) is 7.36. The number of nitrogens with zero attached hydrogens (tertiary/aromatic N) is 1. The number of carbonyl (C=O) groups is 2. The minimum atomic E-state index is -0.320. The van der Waals surface area contributed by atoms with Crippen LogP contribution in [-0.4, -0.2) is 23.0 Å². The van der Waals surface area contributed by atoms with E-state index in [0.29, 0.717) is 11.3 Å². The van der Waals surface area contributed by atoms with Gasteiger partial charge in [-0.05, 0) is 24.6 Å². The van der Waals surface area contributed by atoms with Crippen LogP contribution in [0.5, 0.6) is 0 Å². The van der Waals surface area contributed by atoms with Crippen LogP contribution in [0, 0.1) is 0 Å². The van der Waals surface area contributed by atoms with Gasteiger partial charge in [0.25, 0.3) is 5.91 Å². The number of benzene rings is 2. The highest BCUT2D eigenvalue weighted by Gasteiger charge is 2.22. The Morgan fingerprint density at radius 3 is 2.75 bits per heavy atom. The van der Waals surface area contributed by atoms with Gasteiger partial charge in [0.1, 0.15) is 0 Å². The first-order chi connectivity index (χ1) is 13.7. The third-order valence-corrected chi connectivity index (χ3v) is 4.42. The lowest BCUT2D eigenvalue weighted by molar-refractivity contribution is -0.111. The van der Waals surface area contributed by atoms with E-state index in [0.717, 1.165) is 27.7 Å². The van der Waals surface area contributed by atoms with E-state index in [1.54, 1.807) is 24.4 Å². The maximum Gasteiger partial charge on any atom is 0.272 e. The molecule has 3 N–H and O–H groups in total. The summed E-state index contributed by atoms with van der Waals surface area (Å²) in [4.78, 5) is 28.0. The minimum absolute atomic E-state index is 0.273. The zero-order valence-corrected chi connectivity index (χ0v) is 15.2. The molecule has 28 heavy (non-hydrogen) atoms. The van der Waals surface area contributed by atoms with E-state index < -0.39 is 0 Å². The summed E-state index contributed by atoms with van der Waals surface area (Å²) < 4.78 is 0. The predicted octanol–water partition coefficient (Wildman–Crippen LogP) is 3.98. The SMILES string of the molecule is CC=CC=CC(=O)Nc1cc2c3c(c(-c4ccccc4)[nH]c3c1)C=NNC2=O. The lowest BCUT2D eigenvalue weighted by Crippen LogP contribution is -2.17. The third-order valence-electron chi connectivity index (χ3n) is 4.42. The van der Waals surface area contributed by atoms with Gasteiger partial charge in [-0.1, -0.05) is 48.6 Å². The van der Waals surface area contributed by atoms with Crippen molar-refractivity contribution in [2.45, 2.75) is 6.92 Å². The van der Waals surface area contributed by atoms with Gasteiger partial charge in [0, 0.05) is 28.2 Å². The molecule has 1 aliphatic heterocycles. The van der Waals surface area contributed by atoms with Crippen molar-refractivity contribution in [3.8, 4) is 11.3 Å². The van der Waals surface area contributed by atoms with Gasteiger partial charge in [-0.15, -0.1) is 0 Å². The number of H-pyrrole nitrogens is 1. The summed E-state index contributed by atoms with van der Waals surface area (Å²) in [5.74, 6) is -0.593. The van der Waals surface area contributed by atoms with Crippen LogP contribution in [0.15, 0.2) is 71.9 Å². The second-order valence-electron chi connectivity index (χ2n) is 6.30. The standard InChI is InChI=1S/C22H18N4O2/c1-2-3-5-10-19(27)24-15-11-16-20-17(13-23-26-22(16)28)21(25-18(20)12-15)14-8-6-4-7-9-14/h2-13,25H,1H3,(H,24,27)(H,26,28). The van der Waals surface area contributed by atoms with Gasteiger partial charge in [0.15, 0.2) is 0 Å².